The van der Waals surface area contributed by atoms with Gasteiger partial charge in [-0.05, 0) is 5.92 Å². The van der Waals surface area contributed by atoms with Crippen LogP contribution in [0.25, 0.3) is 0 Å². The number of anilines is 1. The Morgan fingerprint density at radius 1 is 1.32 bits per heavy atom. The first-order valence-corrected chi connectivity index (χ1v) is 6.20. The fourth-order valence-corrected chi connectivity index (χ4v) is 1.45. The molecule has 0 saturated carbocycles. The standard InChI is InChI=1S/C13H20N2O4/c1-10(2)9-18-4-5-19-13-7-11(14-3)6-12(8-13)15(16)17/h6-8,10,14H,4-5,9H2,1-3H3. The van der Waals surface area contributed by atoms with Crippen molar-refractivity contribution in [1.82, 2.24) is 0 Å². The summed E-state index contributed by atoms with van der Waals surface area (Å²) >= 11 is 0. The summed E-state index contributed by atoms with van der Waals surface area (Å²) in [4.78, 5) is 10.3. The Bertz CT molecular complexity index is 421. The molecular formula is C13H20N2O4. The van der Waals surface area contributed by atoms with Crippen molar-refractivity contribution in [1.29, 1.82) is 0 Å². The Morgan fingerprint density at radius 3 is 2.63 bits per heavy atom. The number of rotatable bonds is 8. The number of hydrogen-bond donors (Lipinski definition) is 1. The van der Waals surface area contributed by atoms with Gasteiger partial charge in [0, 0.05) is 31.5 Å². The Morgan fingerprint density at radius 2 is 2.05 bits per heavy atom. The third-order valence-electron chi connectivity index (χ3n) is 2.34. The monoisotopic (exact) mass is 268 g/mol. The average Bonchev–Trinajstić information content (AvgIpc) is 2.37. The number of nitro groups is 1. The van der Waals surface area contributed by atoms with Crippen LogP contribution in [-0.4, -0.2) is 31.8 Å². The third kappa shape index (κ3) is 5.56. The second-order valence-corrected chi connectivity index (χ2v) is 4.54. The van der Waals surface area contributed by atoms with E-state index in [1.165, 1.54) is 12.1 Å². The van der Waals surface area contributed by atoms with Crippen molar-refractivity contribution in [2.75, 3.05) is 32.2 Å². The third-order valence-corrected chi connectivity index (χ3v) is 2.34. The van der Waals surface area contributed by atoms with Crippen molar-refractivity contribution in [2.45, 2.75) is 13.8 Å². The molecule has 0 bridgehead atoms. The lowest BCUT2D eigenvalue weighted by molar-refractivity contribution is -0.384. The second kappa shape index (κ2) is 7.58. The maximum Gasteiger partial charge on any atom is 0.275 e. The van der Waals surface area contributed by atoms with Crippen LogP contribution in [0.3, 0.4) is 0 Å². The van der Waals surface area contributed by atoms with E-state index < -0.39 is 4.92 Å². The summed E-state index contributed by atoms with van der Waals surface area (Å²) in [6, 6.07) is 4.58. The lowest BCUT2D eigenvalue weighted by Gasteiger charge is -2.10. The van der Waals surface area contributed by atoms with E-state index in [9.17, 15) is 10.1 Å². The largest absolute Gasteiger partial charge is 0.491 e. The fourth-order valence-electron chi connectivity index (χ4n) is 1.45. The lowest BCUT2D eigenvalue weighted by atomic mass is 10.2. The molecule has 0 heterocycles. The molecule has 0 aliphatic carbocycles. The van der Waals surface area contributed by atoms with Crippen molar-refractivity contribution in [3.63, 3.8) is 0 Å². The molecule has 1 N–H and O–H groups in total. The smallest absolute Gasteiger partial charge is 0.275 e. The molecule has 1 aromatic rings. The summed E-state index contributed by atoms with van der Waals surface area (Å²) < 4.78 is 10.8. The minimum atomic E-state index is -0.442. The van der Waals surface area contributed by atoms with E-state index in [-0.39, 0.29) is 5.69 Å². The highest BCUT2D eigenvalue weighted by molar-refractivity contribution is 5.55. The number of nitro benzene ring substituents is 1. The van der Waals surface area contributed by atoms with Gasteiger partial charge in [-0.15, -0.1) is 0 Å². The fraction of sp³-hybridized carbons (Fsp3) is 0.538. The van der Waals surface area contributed by atoms with Gasteiger partial charge in [-0.25, -0.2) is 0 Å². The molecule has 0 atom stereocenters. The van der Waals surface area contributed by atoms with E-state index in [4.69, 9.17) is 9.47 Å². The molecular weight excluding hydrogens is 248 g/mol. The zero-order chi connectivity index (χ0) is 14.3. The van der Waals surface area contributed by atoms with Gasteiger partial charge in [0.2, 0.25) is 0 Å². The minimum absolute atomic E-state index is 0.00458. The van der Waals surface area contributed by atoms with Gasteiger partial charge in [0.15, 0.2) is 0 Å². The van der Waals surface area contributed by atoms with Gasteiger partial charge in [-0.1, -0.05) is 13.8 Å². The lowest BCUT2D eigenvalue weighted by Crippen LogP contribution is -2.10. The molecule has 0 aliphatic rings. The molecule has 106 valence electrons. The zero-order valence-electron chi connectivity index (χ0n) is 11.5. The first-order chi connectivity index (χ1) is 9.02. The van der Waals surface area contributed by atoms with Crippen LogP contribution in [0.1, 0.15) is 13.8 Å². The molecule has 0 unspecified atom stereocenters. The molecule has 6 nitrogen and oxygen atoms in total. The highest BCUT2D eigenvalue weighted by Crippen LogP contribution is 2.25. The van der Waals surface area contributed by atoms with E-state index in [0.717, 1.165) is 0 Å². The van der Waals surface area contributed by atoms with Crippen LogP contribution in [0.2, 0.25) is 0 Å². The molecule has 0 aromatic heterocycles. The minimum Gasteiger partial charge on any atom is -0.491 e. The van der Waals surface area contributed by atoms with Crippen LogP contribution in [0.5, 0.6) is 5.75 Å². The quantitative estimate of drug-likeness (QED) is 0.446. The summed E-state index contributed by atoms with van der Waals surface area (Å²) in [7, 11) is 1.70. The Labute approximate surface area is 112 Å². The molecule has 6 heteroatoms. The van der Waals surface area contributed by atoms with Crippen LogP contribution in [0.15, 0.2) is 18.2 Å². The highest BCUT2D eigenvalue weighted by atomic mass is 16.6. The maximum atomic E-state index is 10.8. The van der Waals surface area contributed by atoms with Gasteiger partial charge in [0.1, 0.15) is 12.4 Å². The van der Waals surface area contributed by atoms with Gasteiger partial charge in [-0.2, -0.15) is 0 Å². The Balaban J connectivity index is 2.53. The molecule has 0 spiro atoms. The molecule has 1 rings (SSSR count). The van der Waals surface area contributed by atoms with Crippen LogP contribution in [0, 0.1) is 16.0 Å². The van der Waals surface area contributed by atoms with Crippen molar-refractivity contribution >= 4 is 11.4 Å². The Hall–Kier alpha value is -1.82. The number of non-ortho nitro benzene ring substituents is 1. The second-order valence-electron chi connectivity index (χ2n) is 4.54. The van der Waals surface area contributed by atoms with Gasteiger partial charge in [0.25, 0.3) is 5.69 Å². The SMILES string of the molecule is CNc1cc(OCCOCC(C)C)cc([N+](=O)[O-])c1. The number of benzene rings is 1. The van der Waals surface area contributed by atoms with Crippen LogP contribution >= 0.6 is 0 Å². The predicted molar refractivity (Wildman–Crippen MR) is 73.8 cm³/mol. The van der Waals surface area contributed by atoms with Crippen LogP contribution < -0.4 is 10.1 Å². The summed E-state index contributed by atoms with van der Waals surface area (Å²) in [5.41, 5.74) is 0.650. The van der Waals surface area contributed by atoms with E-state index >= 15 is 0 Å². The molecule has 0 saturated heterocycles. The molecule has 1 aromatic carbocycles. The molecule has 0 radical (unpaired) electrons. The normalized spacial score (nSPS) is 10.5. The summed E-state index contributed by atoms with van der Waals surface area (Å²) in [6.07, 6.45) is 0. The molecule has 0 aliphatic heterocycles. The van der Waals surface area contributed by atoms with Crippen molar-refractivity contribution < 1.29 is 14.4 Å². The molecule has 0 fully saturated rings. The average molecular weight is 268 g/mol. The van der Waals surface area contributed by atoms with E-state index in [0.29, 0.717) is 37.2 Å². The van der Waals surface area contributed by atoms with Crippen molar-refractivity contribution in [3.8, 4) is 5.75 Å². The summed E-state index contributed by atoms with van der Waals surface area (Å²) in [5.74, 6) is 0.945. The first kappa shape index (κ1) is 15.2. The number of hydrogen-bond acceptors (Lipinski definition) is 5. The van der Waals surface area contributed by atoms with Crippen LogP contribution in [0.4, 0.5) is 11.4 Å². The number of ether oxygens (including phenoxy) is 2. The van der Waals surface area contributed by atoms with Crippen molar-refractivity contribution in [3.05, 3.63) is 28.3 Å². The van der Waals surface area contributed by atoms with E-state index in [2.05, 4.69) is 19.2 Å². The summed E-state index contributed by atoms with van der Waals surface area (Å²) in [5, 5.41) is 13.6. The topological polar surface area (TPSA) is 73.6 Å². The van der Waals surface area contributed by atoms with E-state index in [1.807, 2.05) is 0 Å². The highest BCUT2D eigenvalue weighted by Gasteiger charge is 2.10. The van der Waals surface area contributed by atoms with Gasteiger partial charge >= 0.3 is 0 Å². The molecule has 0 amide bonds. The molecule has 19 heavy (non-hydrogen) atoms. The van der Waals surface area contributed by atoms with E-state index in [1.54, 1.807) is 13.1 Å². The Kier molecular flexibility index (Phi) is 6.08. The zero-order valence-corrected chi connectivity index (χ0v) is 11.5. The predicted octanol–water partition coefficient (Wildman–Crippen LogP) is 2.69. The number of nitrogens with zero attached hydrogens (tertiary/aromatic N) is 1. The first-order valence-electron chi connectivity index (χ1n) is 6.20. The summed E-state index contributed by atoms with van der Waals surface area (Å²) in [6.45, 7) is 5.66. The van der Waals surface area contributed by atoms with Gasteiger partial charge in [0.05, 0.1) is 17.6 Å². The van der Waals surface area contributed by atoms with Gasteiger partial charge in [-0.3, -0.25) is 10.1 Å². The maximum absolute atomic E-state index is 10.8. The van der Waals surface area contributed by atoms with Crippen LogP contribution in [-0.2, 0) is 4.74 Å². The van der Waals surface area contributed by atoms with Crippen molar-refractivity contribution in [2.24, 2.45) is 5.92 Å². The number of nitrogens with one attached hydrogen (secondary N) is 1. The van der Waals surface area contributed by atoms with Gasteiger partial charge < -0.3 is 14.8 Å².